The van der Waals surface area contributed by atoms with Gasteiger partial charge in [0.2, 0.25) is 0 Å². The molecule has 0 aliphatic carbocycles. The molecule has 0 aliphatic heterocycles. The molecule has 0 saturated carbocycles. The van der Waals surface area contributed by atoms with Crippen LogP contribution in [-0.2, 0) is 0 Å². The van der Waals surface area contributed by atoms with Crippen LogP contribution in [0.4, 0.5) is 18.9 Å². The van der Waals surface area contributed by atoms with Crippen molar-refractivity contribution in [1.29, 1.82) is 0 Å². The number of guanidine groups is 1. The maximum Gasteiger partial charge on any atom is 0.573 e. The van der Waals surface area contributed by atoms with Crippen molar-refractivity contribution in [1.82, 2.24) is 0 Å². The minimum Gasteiger partial charge on any atom is -0.406 e. The molecule has 0 aromatic heterocycles. The van der Waals surface area contributed by atoms with Crippen LogP contribution in [-0.4, -0.2) is 24.0 Å². The molecule has 1 unspecified atom stereocenters. The van der Waals surface area contributed by atoms with Crippen LogP contribution in [0.5, 0.6) is 5.75 Å². The van der Waals surface area contributed by atoms with Gasteiger partial charge in [0.15, 0.2) is 5.96 Å². The van der Waals surface area contributed by atoms with Gasteiger partial charge < -0.3 is 20.9 Å². The lowest BCUT2D eigenvalue weighted by Crippen LogP contribution is -2.23. The second kappa shape index (κ2) is 9.62. The van der Waals surface area contributed by atoms with Gasteiger partial charge in [-0.15, -0.1) is 37.1 Å². The third-order valence-electron chi connectivity index (χ3n) is 3.26. The van der Waals surface area contributed by atoms with Crippen LogP contribution >= 0.6 is 24.0 Å². The molecule has 5 nitrogen and oxygen atoms in total. The molecular weight excluding hydrogens is 462 g/mol. The number of hydrogen-bond donors (Lipinski definition) is 3. The lowest BCUT2D eigenvalue weighted by Gasteiger charge is -2.11. The number of aliphatic hydroxyl groups is 1. The van der Waals surface area contributed by atoms with Gasteiger partial charge in [-0.3, -0.25) is 4.99 Å². The number of hydrogen-bond acceptors (Lipinski definition) is 3. The van der Waals surface area contributed by atoms with Crippen LogP contribution in [0, 0.1) is 6.92 Å². The zero-order valence-electron chi connectivity index (χ0n) is 13.8. The van der Waals surface area contributed by atoms with Gasteiger partial charge in [-0.2, -0.15) is 0 Å². The number of aliphatic imine (C=N–C) groups is 1. The molecule has 0 bridgehead atoms. The number of ether oxygens (including phenoxy) is 1. The molecule has 0 heterocycles. The summed E-state index contributed by atoms with van der Waals surface area (Å²) >= 11 is 0. The topological polar surface area (TPSA) is 79.9 Å². The Morgan fingerprint density at radius 2 is 1.73 bits per heavy atom. The highest BCUT2D eigenvalue weighted by Crippen LogP contribution is 2.23. The molecule has 142 valence electrons. The number of alkyl halides is 3. The van der Waals surface area contributed by atoms with E-state index in [1.54, 1.807) is 12.1 Å². The van der Waals surface area contributed by atoms with Gasteiger partial charge >= 0.3 is 6.36 Å². The summed E-state index contributed by atoms with van der Waals surface area (Å²) in [4.78, 5) is 4.02. The van der Waals surface area contributed by atoms with Crippen LogP contribution in [0.2, 0.25) is 0 Å². The summed E-state index contributed by atoms with van der Waals surface area (Å²) in [6.07, 6.45) is -5.54. The van der Waals surface area contributed by atoms with Crippen molar-refractivity contribution in [2.75, 3.05) is 11.9 Å². The zero-order valence-corrected chi connectivity index (χ0v) is 16.2. The molecule has 0 saturated heterocycles. The molecular formula is C17H19F3IN3O2. The van der Waals surface area contributed by atoms with Gasteiger partial charge in [0.1, 0.15) is 5.75 Å². The van der Waals surface area contributed by atoms with Gasteiger partial charge in [-0.1, -0.05) is 29.8 Å². The van der Waals surface area contributed by atoms with Crippen LogP contribution < -0.4 is 15.8 Å². The predicted octanol–water partition coefficient (Wildman–Crippen LogP) is 3.97. The largest absolute Gasteiger partial charge is 0.573 e. The molecule has 2 rings (SSSR count). The summed E-state index contributed by atoms with van der Waals surface area (Å²) in [6.45, 7) is 2.00. The Bertz CT molecular complexity index is 720. The maximum absolute atomic E-state index is 12.1. The third kappa shape index (κ3) is 7.48. The van der Waals surface area contributed by atoms with E-state index in [4.69, 9.17) is 5.73 Å². The number of rotatable bonds is 5. The van der Waals surface area contributed by atoms with E-state index in [9.17, 15) is 18.3 Å². The van der Waals surface area contributed by atoms with Gasteiger partial charge in [0, 0.05) is 5.69 Å². The standard InChI is InChI=1S/C17H18F3N3O2.HI/c1-11-2-4-12(5-3-11)15(24)10-22-16(21)23-13-6-8-14(9-7-13)25-17(18,19)20;/h2-9,15,24H,10H2,1H3,(H3,21,22,23);1H. The maximum atomic E-state index is 12.1. The van der Waals surface area contributed by atoms with Gasteiger partial charge in [0.05, 0.1) is 12.6 Å². The molecule has 0 spiro atoms. The highest BCUT2D eigenvalue weighted by molar-refractivity contribution is 14.0. The lowest BCUT2D eigenvalue weighted by atomic mass is 10.1. The normalized spacial score (nSPS) is 12.9. The third-order valence-corrected chi connectivity index (χ3v) is 3.26. The van der Waals surface area contributed by atoms with Crippen molar-refractivity contribution < 1.29 is 23.0 Å². The first kappa shape index (κ1) is 22.0. The number of nitrogens with two attached hydrogens (primary N) is 1. The number of aryl methyl sites for hydroxylation is 1. The fourth-order valence-corrected chi connectivity index (χ4v) is 2.01. The number of halogens is 4. The summed E-state index contributed by atoms with van der Waals surface area (Å²) in [5.41, 5.74) is 7.96. The van der Waals surface area contributed by atoms with Crippen LogP contribution in [0.15, 0.2) is 53.5 Å². The van der Waals surface area contributed by atoms with Crippen molar-refractivity contribution in [3.8, 4) is 5.75 Å². The second-order valence-corrected chi connectivity index (χ2v) is 5.35. The Labute approximate surface area is 166 Å². The molecule has 2 aromatic rings. The van der Waals surface area contributed by atoms with E-state index in [1.807, 2.05) is 19.1 Å². The van der Waals surface area contributed by atoms with E-state index >= 15 is 0 Å². The summed E-state index contributed by atoms with van der Waals surface area (Å²) in [7, 11) is 0. The minimum atomic E-state index is -4.73. The Kier molecular flexibility index (Phi) is 8.15. The quantitative estimate of drug-likeness (QED) is 0.343. The van der Waals surface area contributed by atoms with E-state index in [0.717, 1.165) is 23.3 Å². The van der Waals surface area contributed by atoms with Gasteiger partial charge in [-0.05, 0) is 36.8 Å². The fourth-order valence-electron chi connectivity index (χ4n) is 2.01. The van der Waals surface area contributed by atoms with E-state index in [0.29, 0.717) is 5.69 Å². The number of anilines is 1. The number of nitrogens with one attached hydrogen (secondary N) is 1. The van der Waals surface area contributed by atoms with Gasteiger partial charge in [0.25, 0.3) is 0 Å². The number of aliphatic hydroxyl groups excluding tert-OH is 1. The van der Waals surface area contributed by atoms with Gasteiger partial charge in [-0.25, -0.2) is 0 Å². The summed E-state index contributed by atoms with van der Waals surface area (Å²) in [5.74, 6) is -0.293. The molecule has 4 N–H and O–H groups in total. The van der Waals surface area contributed by atoms with Crippen LogP contribution in [0.3, 0.4) is 0 Å². The Balaban J connectivity index is 0.00000338. The Hall–Kier alpha value is -2.01. The Morgan fingerprint density at radius 1 is 1.15 bits per heavy atom. The van der Waals surface area contributed by atoms with E-state index < -0.39 is 12.5 Å². The van der Waals surface area contributed by atoms with Crippen LogP contribution in [0.25, 0.3) is 0 Å². The van der Waals surface area contributed by atoms with Crippen molar-refractivity contribution in [3.63, 3.8) is 0 Å². The molecule has 1 atom stereocenters. The van der Waals surface area contributed by atoms with Crippen LogP contribution in [0.1, 0.15) is 17.2 Å². The molecule has 0 fully saturated rings. The lowest BCUT2D eigenvalue weighted by molar-refractivity contribution is -0.274. The zero-order chi connectivity index (χ0) is 18.4. The molecule has 0 radical (unpaired) electrons. The van der Waals surface area contributed by atoms with Crippen molar-refractivity contribution in [2.45, 2.75) is 19.4 Å². The first-order chi connectivity index (χ1) is 11.7. The van der Waals surface area contributed by atoms with E-state index in [-0.39, 0.29) is 42.2 Å². The number of nitrogens with zero attached hydrogens (tertiary/aromatic N) is 1. The first-order valence-corrected chi connectivity index (χ1v) is 7.40. The van der Waals surface area contributed by atoms with Crippen molar-refractivity contribution in [2.24, 2.45) is 10.7 Å². The fraction of sp³-hybridized carbons (Fsp3) is 0.235. The first-order valence-electron chi connectivity index (χ1n) is 7.40. The van der Waals surface area contributed by atoms with Crippen molar-refractivity contribution >= 4 is 35.6 Å². The molecule has 0 aliphatic rings. The summed E-state index contributed by atoms with van der Waals surface area (Å²) < 4.78 is 40.0. The average molecular weight is 481 g/mol. The highest BCUT2D eigenvalue weighted by atomic mass is 127. The Morgan fingerprint density at radius 3 is 2.27 bits per heavy atom. The second-order valence-electron chi connectivity index (χ2n) is 5.35. The summed E-state index contributed by atoms with van der Waals surface area (Å²) in [5, 5.41) is 12.8. The summed E-state index contributed by atoms with van der Waals surface area (Å²) in [6, 6.07) is 12.4. The monoisotopic (exact) mass is 481 g/mol. The predicted molar refractivity (Wildman–Crippen MR) is 105 cm³/mol. The number of benzene rings is 2. The average Bonchev–Trinajstić information content (AvgIpc) is 2.54. The molecule has 2 aromatic carbocycles. The van der Waals surface area contributed by atoms with E-state index in [1.165, 1.54) is 12.1 Å². The minimum absolute atomic E-state index is 0. The highest BCUT2D eigenvalue weighted by Gasteiger charge is 2.30. The SMILES string of the molecule is Cc1ccc(C(O)CN=C(N)Nc2ccc(OC(F)(F)F)cc2)cc1.I. The molecule has 9 heteroatoms. The molecule has 26 heavy (non-hydrogen) atoms. The molecule has 0 amide bonds. The van der Waals surface area contributed by atoms with E-state index in [2.05, 4.69) is 15.0 Å². The van der Waals surface area contributed by atoms with Crippen molar-refractivity contribution in [3.05, 3.63) is 59.7 Å². The smallest absolute Gasteiger partial charge is 0.406 e.